The molecule has 0 spiro atoms. The number of aromatic nitrogens is 5. The van der Waals surface area contributed by atoms with Crippen LogP contribution in [0.15, 0.2) is 24.3 Å². The minimum Gasteiger partial charge on any atom is -0.336 e. The Morgan fingerprint density at radius 2 is 1.86 bits per heavy atom. The lowest BCUT2D eigenvalue weighted by Crippen LogP contribution is -2.25. The Kier molecular flexibility index (Phi) is 4.80. The van der Waals surface area contributed by atoms with Crippen molar-refractivity contribution in [2.75, 3.05) is 11.4 Å². The predicted molar refractivity (Wildman–Crippen MR) is 106 cm³/mol. The van der Waals surface area contributed by atoms with Crippen molar-refractivity contribution in [3.63, 3.8) is 0 Å². The molecular weight excluding hydrogens is 375 g/mol. The molecule has 2 aromatic heterocycles. The summed E-state index contributed by atoms with van der Waals surface area (Å²) in [6.45, 7) is 1.99. The summed E-state index contributed by atoms with van der Waals surface area (Å²) in [6, 6.07) is 6.82. The smallest absolute Gasteiger partial charge is 0.208 e. The molecule has 8 heteroatoms. The van der Waals surface area contributed by atoms with Gasteiger partial charge >= 0.3 is 0 Å². The number of benzene rings is 1. The standard InChI is InChI=1S/C20H23FN6S/c21-15-9-7-14(8-10-15)13-18-23-25-20(28-18)26-12-4-5-16(26)19-24-22-17-6-2-1-3-11-27(17)19/h7-10,16H,1-6,11-13H2. The van der Waals surface area contributed by atoms with E-state index in [1.165, 1.54) is 31.4 Å². The second kappa shape index (κ2) is 7.58. The van der Waals surface area contributed by atoms with Gasteiger partial charge in [-0.05, 0) is 43.4 Å². The van der Waals surface area contributed by atoms with Crippen LogP contribution < -0.4 is 4.90 Å². The summed E-state index contributed by atoms with van der Waals surface area (Å²) in [5.74, 6) is 2.01. The molecule has 1 fully saturated rings. The summed E-state index contributed by atoms with van der Waals surface area (Å²) in [7, 11) is 0. The van der Waals surface area contributed by atoms with E-state index in [0.717, 1.165) is 59.7 Å². The second-order valence-electron chi connectivity index (χ2n) is 7.57. The normalized spacial score (nSPS) is 19.6. The highest BCUT2D eigenvalue weighted by molar-refractivity contribution is 7.15. The van der Waals surface area contributed by atoms with Crippen molar-refractivity contribution in [2.45, 2.75) is 57.5 Å². The van der Waals surface area contributed by atoms with Gasteiger partial charge in [-0.15, -0.1) is 20.4 Å². The molecule has 0 amide bonds. The van der Waals surface area contributed by atoms with Crippen LogP contribution in [0.3, 0.4) is 0 Å². The zero-order chi connectivity index (χ0) is 18.9. The molecule has 1 aromatic carbocycles. The Bertz CT molecular complexity index is 950. The van der Waals surface area contributed by atoms with Crippen LogP contribution >= 0.6 is 11.3 Å². The summed E-state index contributed by atoms with van der Waals surface area (Å²) in [5.41, 5.74) is 1.05. The Labute approximate surface area is 167 Å². The molecule has 0 N–H and O–H groups in total. The van der Waals surface area contributed by atoms with Gasteiger partial charge < -0.3 is 9.47 Å². The fourth-order valence-corrected chi connectivity index (χ4v) is 5.18. The van der Waals surface area contributed by atoms with Gasteiger partial charge in [-0.1, -0.05) is 29.9 Å². The number of fused-ring (bicyclic) bond motifs is 1. The molecule has 0 aliphatic carbocycles. The Hall–Kier alpha value is -2.35. The zero-order valence-corrected chi connectivity index (χ0v) is 16.5. The van der Waals surface area contributed by atoms with E-state index in [1.807, 2.05) is 0 Å². The second-order valence-corrected chi connectivity index (χ2v) is 8.61. The molecular formula is C20H23FN6S. The van der Waals surface area contributed by atoms with Crippen LogP contribution in [0.25, 0.3) is 0 Å². The first-order valence-electron chi connectivity index (χ1n) is 10.0. The quantitative estimate of drug-likeness (QED) is 0.666. The van der Waals surface area contributed by atoms with Crippen molar-refractivity contribution in [3.05, 3.63) is 52.3 Å². The van der Waals surface area contributed by atoms with E-state index < -0.39 is 0 Å². The van der Waals surface area contributed by atoms with Gasteiger partial charge in [0.05, 0.1) is 6.04 Å². The SMILES string of the molecule is Fc1ccc(Cc2nnc(N3CCCC3c3nnc4n3CCCCC4)s2)cc1. The van der Waals surface area contributed by atoms with E-state index in [-0.39, 0.29) is 11.9 Å². The van der Waals surface area contributed by atoms with Crippen LogP contribution in [-0.2, 0) is 19.4 Å². The molecule has 1 unspecified atom stereocenters. The van der Waals surface area contributed by atoms with Crippen LogP contribution in [0, 0.1) is 5.82 Å². The zero-order valence-electron chi connectivity index (χ0n) is 15.7. The van der Waals surface area contributed by atoms with E-state index in [9.17, 15) is 4.39 Å². The monoisotopic (exact) mass is 398 g/mol. The molecule has 6 nitrogen and oxygen atoms in total. The average molecular weight is 399 g/mol. The van der Waals surface area contributed by atoms with Crippen molar-refractivity contribution in [1.82, 2.24) is 25.0 Å². The molecule has 0 saturated carbocycles. The highest BCUT2D eigenvalue weighted by Crippen LogP contribution is 2.37. The first kappa shape index (κ1) is 17.7. The summed E-state index contributed by atoms with van der Waals surface area (Å²) in [4.78, 5) is 2.34. The molecule has 2 aliphatic heterocycles. The first-order valence-corrected chi connectivity index (χ1v) is 10.8. The van der Waals surface area contributed by atoms with Crippen molar-refractivity contribution in [2.24, 2.45) is 0 Å². The maximum absolute atomic E-state index is 13.1. The average Bonchev–Trinajstić information content (AvgIpc) is 3.40. The molecule has 146 valence electrons. The Balaban J connectivity index is 1.37. The van der Waals surface area contributed by atoms with E-state index in [4.69, 9.17) is 0 Å². The molecule has 0 bridgehead atoms. The van der Waals surface area contributed by atoms with E-state index in [2.05, 4.69) is 29.9 Å². The fourth-order valence-electron chi connectivity index (χ4n) is 4.23. The first-order chi connectivity index (χ1) is 13.8. The van der Waals surface area contributed by atoms with Gasteiger partial charge in [0.25, 0.3) is 0 Å². The number of anilines is 1. The summed E-state index contributed by atoms with van der Waals surface area (Å²) < 4.78 is 15.5. The number of rotatable bonds is 4. The summed E-state index contributed by atoms with van der Waals surface area (Å²) in [6.07, 6.45) is 7.57. The third kappa shape index (κ3) is 3.41. The highest BCUT2D eigenvalue weighted by atomic mass is 32.1. The summed E-state index contributed by atoms with van der Waals surface area (Å²) >= 11 is 1.62. The van der Waals surface area contributed by atoms with Crippen LogP contribution in [0.5, 0.6) is 0 Å². The number of aryl methyl sites for hydroxylation is 1. The summed E-state index contributed by atoms with van der Waals surface area (Å²) in [5, 5.41) is 19.8. The molecule has 4 heterocycles. The van der Waals surface area contributed by atoms with Crippen molar-refractivity contribution < 1.29 is 4.39 Å². The van der Waals surface area contributed by atoms with E-state index in [0.29, 0.717) is 6.42 Å². The highest BCUT2D eigenvalue weighted by Gasteiger charge is 2.33. The minimum absolute atomic E-state index is 0.214. The van der Waals surface area contributed by atoms with Crippen LogP contribution in [0.4, 0.5) is 9.52 Å². The van der Waals surface area contributed by atoms with Crippen LogP contribution in [-0.4, -0.2) is 31.5 Å². The van der Waals surface area contributed by atoms with Crippen LogP contribution in [0.1, 0.15) is 60.4 Å². The molecule has 1 saturated heterocycles. The minimum atomic E-state index is -0.214. The molecule has 3 aromatic rings. The molecule has 5 rings (SSSR count). The van der Waals surface area contributed by atoms with Crippen molar-refractivity contribution >= 4 is 16.5 Å². The number of hydrogen-bond acceptors (Lipinski definition) is 6. The molecule has 1 atom stereocenters. The maximum atomic E-state index is 13.1. The van der Waals surface area contributed by atoms with E-state index in [1.54, 1.807) is 23.5 Å². The lowest BCUT2D eigenvalue weighted by Gasteiger charge is -2.23. The van der Waals surface area contributed by atoms with Gasteiger partial charge in [0.1, 0.15) is 16.6 Å². The van der Waals surface area contributed by atoms with Crippen LogP contribution in [0.2, 0.25) is 0 Å². The Morgan fingerprint density at radius 3 is 2.75 bits per heavy atom. The Morgan fingerprint density at radius 1 is 0.964 bits per heavy atom. The molecule has 0 radical (unpaired) electrons. The molecule has 28 heavy (non-hydrogen) atoms. The van der Waals surface area contributed by atoms with Gasteiger partial charge in [0, 0.05) is 25.9 Å². The third-order valence-electron chi connectivity index (χ3n) is 5.66. The number of halogens is 1. The lowest BCUT2D eigenvalue weighted by atomic mass is 10.2. The van der Waals surface area contributed by atoms with Crippen molar-refractivity contribution in [3.8, 4) is 0 Å². The number of hydrogen-bond donors (Lipinski definition) is 0. The maximum Gasteiger partial charge on any atom is 0.208 e. The largest absolute Gasteiger partial charge is 0.336 e. The topological polar surface area (TPSA) is 59.7 Å². The number of nitrogens with zero attached hydrogens (tertiary/aromatic N) is 6. The van der Waals surface area contributed by atoms with Gasteiger partial charge in [-0.25, -0.2) is 4.39 Å². The van der Waals surface area contributed by atoms with Gasteiger partial charge in [-0.2, -0.15) is 0 Å². The van der Waals surface area contributed by atoms with Gasteiger partial charge in [0.15, 0.2) is 5.82 Å². The predicted octanol–water partition coefficient (Wildman–Crippen LogP) is 3.93. The third-order valence-corrected chi connectivity index (χ3v) is 6.62. The fraction of sp³-hybridized carbons (Fsp3) is 0.500. The van der Waals surface area contributed by atoms with E-state index >= 15 is 0 Å². The van der Waals surface area contributed by atoms with Crippen molar-refractivity contribution in [1.29, 1.82) is 0 Å². The lowest BCUT2D eigenvalue weighted by molar-refractivity contribution is 0.559. The van der Waals surface area contributed by atoms with Gasteiger partial charge in [0.2, 0.25) is 5.13 Å². The molecule has 2 aliphatic rings. The van der Waals surface area contributed by atoms with Gasteiger partial charge in [-0.3, -0.25) is 0 Å².